The number of ether oxygens (including phenoxy) is 1. The molecule has 1 heterocycles. The van der Waals surface area contributed by atoms with Crippen molar-refractivity contribution in [2.24, 2.45) is 0 Å². The molecule has 0 saturated carbocycles. The van der Waals surface area contributed by atoms with Crippen molar-refractivity contribution in [1.82, 2.24) is 9.78 Å². The van der Waals surface area contributed by atoms with Crippen molar-refractivity contribution >= 4 is 11.8 Å². The highest BCUT2D eigenvalue weighted by Gasteiger charge is 2.37. The Kier molecular flexibility index (Phi) is 3.11. The van der Waals surface area contributed by atoms with Gasteiger partial charge in [-0.1, -0.05) is 6.92 Å². The second kappa shape index (κ2) is 4.03. The molecule has 0 spiro atoms. The molecule has 0 aliphatic rings. The van der Waals surface area contributed by atoms with Gasteiger partial charge < -0.3 is 10.5 Å². The Balaban J connectivity index is 3.37. The fourth-order valence-electron chi connectivity index (χ4n) is 1.27. The van der Waals surface area contributed by atoms with Crippen LogP contribution < -0.4 is 5.73 Å². The van der Waals surface area contributed by atoms with Crippen LogP contribution in [0.5, 0.6) is 0 Å². The highest BCUT2D eigenvalue weighted by Crippen LogP contribution is 2.29. The average molecular weight is 237 g/mol. The zero-order valence-electron chi connectivity index (χ0n) is 8.63. The lowest BCUT2D eigenvalue weighted by Crippen LogP contribution is -2.20. The zero-order chi connectivity index (χ0) is 12.5. The molecule has 90 valence electrons. The highest BCUT2D eigenvalue weighted by atomic mass is 19.4. The predicted molar refractivity (Wildman–Crippen MR) is 48.7 cm³/mol. The number of carbonyl (C=O) groups is 1. The summed E-state index contributed by atoms with van der Waals surface area (Å²) in [6.07, 6.45) is -4.59. The van der Waals surface area contributed by atoms with E-state index in [1.54, 1.807) is 6.92 Å². The van der Waals surface area contributed by atoms with Crippen LogP contribution in [-0.4, -0.2) is 22.9 Å². The molecular weight excluding hydrogens is 227 g/mol. The fraction of sp³-hybridized carbons (Fsp3) is 0.500. The minimum Gasteiger partial charge on any atom is -0.464 e. The van der Waals surface area contributed by atoms with Gasteiger partial charge in [0.1, 0.15) is 5.82 Å². The SMILES string of the molecule is CCc1c(C(=O)OC)nn(C(F)(F)F)c1N. The molecule has 1 rings (SSSR count). The van der Waals surface area contributed by atoms with Gasteiger partial charge in [0.15, 0.2) is 5.69 Å². The van der Waals surface area contributed by atoms with Crippen LogP contribution >= 0.6 is 0 Å². The van der Waals surface area contributed by atoms with E-state index in [0.717, 1.165) is 7.11 Å². The van der Waals surface area contributed by atoms with Crippen molar-refractivity contribution in [3.8, 4) is 0 Å². The molecule has 16 heavy (non-hydrogen) atoms. The molecule has 0 radical (unpaired) electrons. The van der Waals surface area contributed by atoms with Gasteiger partial charge in [0, 0.05) is 5.56 Å². The average Bonchev–Trinajstić information content (AvgIpc) is 2.53. The summed E-state index contributed by atoms with van der Waals surface area (Å²) in [6.45, 7) is 1.57. The normalized spacial score (nSPS) is 11.6. The quantitative estimate of drug-likeness (QED) is 0.787. The van der Waals surface area contributed by atoms with Crippen LogP contribution in [0.2, 0.25) is 0 Å². The lowest BCUT2D eigenvalue weighted by atomic mass is 10.2. The van der Waals surface area contributed by atoms with Gasteiger partial charge in [-0.15, -0.1) is 13.2 Å². The maximum Gasteiger partial charge on any atom is 0.506 e. The summed E-state index contributed by atoms with van der Waals surface area (Å²) in [5, 5.41) is 3.11. The third-order valence-electron chi connectivity index (χ3n) is 2.00. The molecule has 0 fully saturated rings. The van der Waals surface area contributed by atoms with Crippen molar-refractivity contribution in [2.45, 2.75) is 19.6 Å². The molecule has 0 aromatic carbocycles. The topological polar surface area (TPSA) is 70.1 Å². The molecule has 0 bridgehead atoms. The van der Waals surface area contributed by atoms with Gasteiger partial charge >= 0.3 is 12.3 Å². The summed E-state index contributed by atoms with van der Waals surface area (Å²) in [6, 6.07) is 0. The van der Waals surface area contributed by atoms with Crippen molar-refractivity contribution in [3.63, 3.8) is 0 Å². The number of rotatable bonds is 2. The van der Waals surface area contributed by atoms with E-state index in [2.05, 4.69) is 9.84 Å². The summed E-state index contributed by atoms with van der Waals surface area (Å²) in [5.41, 5.74) is 4.89. The molecular formula is C8H10F3N3O2. The predicted octanol–water partition coefficient (Wildman–Crippen LogP) is 1.29. The third-order valence-corrected chi connectivity index (χ3v) is 2.00. The van der Waals surface area contributed by atoms with Gasteiger partial charge in [-0.05, 0) is 6.42 Å². The van der Waals surface area contributed by atoms with Gasteiger partial charge in [-0.2, -0.15) is 9.78 Å². The first-order chi connectivity index (χ1) is 7.32. The molecule has 1 aromatic rings. The van der Waals surface area contributed by atoms with Crippen LogP contribution in [0, 0.1) is 0 Å². The van der Waals surface area contributed by atoms with Crippen molar-refractivity contribution in [3.05, 3.63) is 11.3 Å². The molecule has 2 N–H and O–H groups in total. The number of hydrogen-bond acceptors (Lipinski definition) is 4. The number of aromatic nitrogens is 2. The first-order valence-electron chi connectivity index (χ1n) is 4.35. The molecule has 0 atom stereocenters. The Bertz CT molecular complexity index is 411. The van der Waals surface area contributed by atoms with Gasteiger partial charge in [0.25, 0.3) is 0 Å². The van der Waals surface area contributed by atoms with E-state index in [4.69, 9.17) is 5.73 Å². The second-order valence-electron chi connectivity index (χ2n) is 2.94. The first kappa shape index (κ1) is 12.3. The number of halogens is 3. The monoisotopic (exact) mass is 237 g/mol. The summed E-state index contributed by atoms with van der Waals surface area (Å²) in [5.74, 6) is -1.53. The van der Waals surface area contributed by atoms with Gasteiger partial charge in [-0.25, -0.2) is 4.79 Å². The van der Waals surface area contributed by atoms with Gasteiger partial charge in [-0.3, -0.25) is 0 Å². The van der Waals surface area contributed by atoms with Crippen LogP contribution in [0.3, 0.4) is 0 Å². The van der Waals surface area contributed by atoms with E-state index in [9.17, 15) is 18.0 Å². The number of alkyl halides is 3. The standard InChI is InChI=1S/C8H10F3N3O2/c1-3-4-5(7(15)16-2)13-14(6(4)12)8(9,10)11/h3,12H2,1-2H3. The fourth-order valence-corrected chi connectivity index (χ4v) is 1.27. The minimum atomic E-state index is -4.75. The maximum atomic E-state index is 12.4. The number of nitrogen functional groups attached to an aromatic ring is 1. The number of methoxy groups -OCH3 is 1. The van der Waals surface area contributed by atoms with Crippen LogP contribution in [0.4, 0.5) is 19.0 Å². The second-order valence-corrected chi connectivity index (χ2v) is 2.94. The Morgan fingerprint density at radius 2 is 2.12 bits per heavy atom. The number of nitrogens with zero attached hydrogens (tertiary/aromatic N) is 2. The zero-order valence-corrected chi connectivity index (χ0v) is 8.63. The van der Waals surface area contributed by atoms with Gasteiger partial charge in [0.05, 0.1) is 7.11 Å². The lowest BCUT2D eigenvalue weighted by Gasteiger charge is -2.07. The maximum absolute atomic E-state index is 12.4. The Morgan fingerprint density at radius 3 is 2.50 bits per heavy atom. The summed E-state index contributed by atoms with van der Waals surface area (Å²) in [4.78, 5) is 11.2. The molecule has 0 aliphatic heterocycles. The molecule has 1 aromatic heterocycles. The van der Waals surface area contributed by atoms with E-state index in [1.165, 1.54) is 0 Å². The van der Waals surface area contributed by atoms with Crippen LogP contribution in [0.25, 0.3) is 0 Å². The number of hydrogen-bond donors (Lipinski definition) is 1. The highest BCUT2D eigenvalue weighted by molar-refractivity contribution is 5.90. The van der Waals surface area contributed by atoms with Crippen molar-refractivity contribution < 1.29 is 22.7 Å². The molecule has 5 nitrogen and oxygen atoms in total. The summed E-state index contributed by atoms with van der Waals surface area (Å²) < 4.78 is 41.2. The van der Waals surface area contributed by atoms with E-state index in [-0.39, 0.29) is 16.7 Å². The Hall–Kier alpha value is -1.73. The summed E-state index contributed by atoms with van der Waals surface area (Å²) in [7, 11) is 1.06. The molecule has 0 amide bonds. The van der Waals surface area contributed by atoms with Crippen LogP contribution in [0.1, 0.15) is 23.0 Å². The lowest BCUT2D eigenvalue weighted by molar-refractivity contribution is -0.210. The number of anilines is 1. The molecule has 0 saturated heterocycles. The van der Waals surface area contributed by atoms with Crippen LogP contribution in [0.15, 0.2) is 0 Å². The van der Waals surface area contributed by atoms with Crippen molar-refractivity contribution in [1.29, 1.82) is 0 Å². The summed E-state index contributed by atoms with van der Waals surface area (Å²) >= 11 is 0. The first-order valence-corrected chi connectivity index (χ1v) is 4.35. The largest absolute Gasteiger partial charge is 0.506 e. The van der Waals surface area contributed by atoms with E-state index < -0.39 is 23.8 Å². The van der Waals surface area contributed by atoms with Crippen molar-refractivity contribution in [2.75, 3.05) is 12.8 Å². The number of carbonyl (C=O) groups excluding carboxylic acids is 1. The molecule has 0 aliphatic carbocycles. The number of esters is 1. The number of nitrogens with two attached hydrogens (primary N) is 1. The van der Waals surface area contributed by atoms with E-state index in [1.807, 2.05) is 0 Å². The smallest absolute Gasteiger partial charge is 0.464 e. The Morgan fingerprint density at radius 1 is 1.56 bits per heavy atom. The van der Waals surface area contributed by atoms with Gasteiger partial charge in [0.2, 0.25) is 0 Å². The van der Waals surface area contributed by atoms with E-state index >= 15 is 0 Å². The van der Waals surface area contributed by atoms with E-state index in [0.29, 0.717) is 0 Å². The molecule has 8 heteroatoms. The third kappa shape index (κ3) is 1.95. The Labute approximate surface area is 89.0 Å². The minimum absolute atomic E-state index is 0.0316. The molecule has 0 unspecified atom stereocenters. The van der Waals surface area contributed by atoms with Crippen LogP contribution in [-0.2, 0) is 17.5 Å².